The first-order valence-electron chi connectivity index (χ1n) is 8.89. The lowest BCUT2D eigenvalue weighted by molar-refractivity contribution is -0.384. The number of nitro benzene ring substituents is 1. The molecule has 0 N–H and O–H groups in total. The number of carbonyl (C=O) groups excluding carboxylic acids is 2. The summed E-state index contributed by atoms with van der Waals surface area (Å²) in [6, 6.07) is 5.68. The fourth-order valence-corrected chi connectivity index (χ4v) is 3.61. The van der Waals surface area contributed by atoms with Crippen LogP contribution >= 0.6 is 0 Å². The Kier molecular flexibility index (Phi) is 5.31. The number of nitrogens with zero attached hydrogens (tertiary/aromatic N) is 3. The van der Waals surface area contributed by atoms with Gasteiger partial charge in [-0.25, -0.2) is 0 Å². The lowest BCUT2D eigenvalue weighted by Gasteiger charge is -2.35. The Hall–Kier alpha value is -2.44. The van der Waals surface area contributed by atoms with Crippen molar-refractivity contribution in [2.24, 2.45) is 5.92 Å². The van der Waals surface area contributed by atoms with E-state index < -0.39 is 4.92 Å². The topological polar surface area (TPSA) is 83.8 Å². The summed E-state index contributed by atoms with van der Waals surface area (Å²) in [7, 11) is 0. The fraction of sp³-hybridized carbons (Fsp3) is 0.556. The highest BCUT2D eigenvalue weighted by Gasteiger charge is 2.31. The molecule has 0 aliphatic carbocycles. The van der Waals surface area contributed by atoms with E-state index in [1.807, 2.05) is 4.90 Å². The lowest BCUT2D eigenvalue weighted by Crippen LogP contribution is -2.45. The van der Waals surface area contributed by atoms with E-state index in [1.54, 1.807) is 4.90 Å². The van der Waals surface area contributed by atoms with Crippen molar-refractivity contribution in [3.8, 4) is 0 Å². The summed E-state index contributed by atoms with van der Waals surface area (Å²) in [5.41, 5.74) is 0.425. The Morgan fingerprint density at radius 3 is 2.08 bits per heavy atom. The molecule has 1 aromatic rings. The van der Waals surface area contributed by atoms with Gasteiger partial charge in [0.25, 0.3) is 11.6 Å². The predicted octanol–water partition coefficient (Wildman–Crippen LogP) is 2.46. The molecular formula is C18H23N3O4. The zero-order valence-corrected chi connectivity index (χ0v) is 14.2. The number of non-ortho nitro benzene ring substituents is 1. The van der Waals surface area contributed by atoms with Gasteiger partial charge in [0.1, 0.15) is 0 Å². The molecule has 0 bridgehead atoms. The van der Waals surface area contributed by atoms with Gasteiger partial charge in [-0.3, -0.25) is 19.7 Å². The van der Waals surface area contributed by atoms with E-state index in [9.17, 15) is 19.7 Å². The number of likely N-dealkylation sites (tertiary alicyclic amines) is 2. The van der Waals surface area contributed by atoms with Gasteiger partial charge in [0.2, 0.25) is 5.91 Å². The second-order valence-corrected chi connectivity index (χ2v) is 6.76. The second kappa shape index (κ2) is 7.63. The smallest absolute Gasteiger partial charge is 0.269 e. The highest BCUT2D eigenvalue weighted by molar-refractivity contribution is 5.94. The average molecular weight is 345 g/mol. The van der Waals surface area contributed by atoms with Crippen molar-refractivity contribution in [3.05, 3.63) is 39.9 Å². The van der Waals surface area contributed by atoms with E-state index in [2.05, 4.69) is 0 Å². The van der Waals surface area contributed by atoms with E-state index in [-0.39, 0.29) is 23.4 Å². The Bertz CT molecular complexity index is 645. The summed E-state index contributed by atoms with van der Waals surface area (Å²) < 4.78 is 0. The molecule has 2 aliphatic heterocycles. The van der Waals surface area contributed by atoms with E-state index in [0.717, 1.165) is 25.9 Å². The molecule has 25 heavy (non-hydrogen) atoms. The van der Waals surface area contributed by atoms with Crippen molar-refractivity contribution in [3.63, 3.8) is 0 Å². The van der Waals surface area contributed by atoms with Crippen LogP contribution in [0.2, 0.25) is 0 Å². The molecule has 0 spiro atoms. The third-order valence-corrected chi connectivity index (χ3v) is 5.12. The Morgan fingerprint density at radius 2 is 1.52 bits per heavy atom. The number of hydrogen-bond acceptors (Lipinski definition) is 4. The molecule has 0 aromatic heterocycles. The minimum atomic E-state index is -0.480. The Balaban J connectivity index is 1.55. The number of amides is 2. The van der Waals surface area contributed by atoms with E-state index >= 15 is 0 Å². The maximum Gasteiger partial charge on any atom is 0.269 e. The molecule has 2 aliphatic rings. The number of nitro groups is 1. The molecule has 0 unspecified atom stereocenters. The van der Waals surface area contributed by atoms with Crippen LogP contribution in [0, 0.1) is 16.0 Å². The first-order chi connectivity index (χ1) is 12.1. The van der Waals surface area contributed by atoms with Crippen LogP contribution in [0.15, 0.2) is 24.3 Å². The first-order valence-corrected chi connectivity index (χ1v) is 8.89. The lowest BCUT2D eigenvalue weighted by atomic mass is 9.94. The third-order valence-electron chi connectivity index (χ3n) is 5.12. The largest absolute Gasteiger partial charge is 0.342 e. The van der Waals surface area contributed by atoms with Crippen molar-refractivity contribution in [2.75, 3.05) is 26.2 Å². The van der Waals surface area contributed by atoms with Crippen molar-refractivity contribution < 1.29 is 14.5 Å². The van der Waals surface area contributed by atoms with Crippen LogP contribution in [0.1, 0.15) is 42.5 Å². The standard InChI is InChI=1S/C18H23N3O4/c22-17(14-4-6-16(7-5-14)21(24)25)20-12-8-15(9-13-20)18(23)19-10-2-1-3-11-19/h4-7,15H,1-3,8-13H2. The summed E-state index contributed by atoms with van der Waals surface area (Å²) in [6.45, 7) is 2.84. The SMILES string of the molecule is O=C(c1ccc([N+](=O)[O-])cc1)N1CCC(C(=O)N2CCCCC2)CC1. The monoisotopic (exact) mass is 345 g/mol. The van der Waals surface area contributed by atoms with Gasteiger partial charge in [0.15, 0.2) is 0 Å². The molecule has 7 nitrogen and oxygen atoms in total. The number of rotatable bonds is 3. The molecule has 134 valence electrons. The van der Waals surface area contributed by atoms with E-state index in [4.69, 9.17) is 0 Å². The van der Waals surface area contributed by atoms with E-state index in [1.165, 1.54) is 30.7 Å². The second-order valence-electron chi connectivity index (χ2n) is 6.76. The first kappa shape index (κ1) is 17.4. The third kappa shape index (κ3) is 3.97. The number of hydrogen-bond donors (Lipinski definition) is 0. The molecule has 0 atom stereocenters. The minimum absolute atomic E-state index is 0.0130. The Morgan fingerprint density at radius 1 is 0.920 bits per heavy atom. The zero-order valence-electron chi connectivity index (χ0n) is 14.2. The van der Waals surface area contributed by atoms with Gasteiger partial charge in [0, 0.05) is 49.8 Å². The van der Waals surface area contributed by atoms with Gasteiger partial charge in [-0.2, -0.15) is 0 Å². The molecular weight excluding hydrogens is 322 g/mol. The van der Waals surface area contributed by atoms with Gasteiger partial charge >= 0.3 is 0 Å². The number of piperidine rings is 2. The molecule has 2 fully saturated rings. The molecule has 2 amide bonds. The van der Waals surface area contributed by atoms with E-state index in [0.29, 0.717) is 31.5 Å². The van der Waals surface area contributed by atoms with Crippen LogP contribution in [0.4, 0.5) is 5.69 Å². The van der Waals surface area contributed by atoms with Crippen LogP contribution in [-0.2, 0) is 4.79 Å². The zero-order chi connectivity index (χ0) is 17.8. The maximum atomic E-state index is 12.6. The van der Waals surface area contributed by atoms with Crippen molar-refractivity contribution in [1.29, 1.82) is 0 Å². The summed E-state index contributed by atoms with van der Waals surface area (Å²) >= 11 is 0. The Labute approximate surface area is 146 Å². The molecule has 0 saturated carbocycles. The molecule has 0 radical (unpaired) electrons. The van der Waals surface area contributed by atoms with Crippen molar-refractivity contribution >= 4 is 17.5 Å². The highest BCUT2D eigenvalue weighted by Crippen LogP contribution is 2.23. The average Bonchev–Trinajstić information content (AvgIpc) is 2.67. The molecule has 7 heteroatoms. The van der Waals surface area contributed by atoms with Crippen LogP contribution in [0.3, 0.4) is 0 Å². The number of benzene rings is 1. The van der Waals surface area contributed by atoms with Gasteiger partial charge in [-0.15, -0.1) is 0 Å². The maximum absolute atomic E-state index is 12.6. The van der Waals surface area contributed by atoms with Crippen LogP contribution in [0.25, 0.3) is 0 Å². The highest BCUT2D eigenvalue weighted by atomic mass is 16.6. The minimum Gasteiger partial charge on any atom is -0.342 e. The van der Waals surface area contributed by atoms with Crippen LogP contribution in [0.5, 0.6) is 0 Å². The van der Waals surface area contributed by atoms with Crippen LogP contribution in [-0.4, -0.2) is 52.7 Å². The van der Waals surface area contributed by atoms with Crippen LogP contribution < -0.4 is 0 Å². The summed E-state index contributed by atoms with van der Waals surface area (Å²) in [5.74, 6) is 0.125. The quantitative estimate of drug-likeness (QED) is 0.622. The summed E-state index contributed by atoms with van der Waals surface area (Å²) in [6.07, 6.45) is 4.75. The van der Waals surface area contributed by atoms with Gasteiger partial charge in [-0.1, -0.05) is 0 Å². The van der Waals surface area contributed by atoms with Crippen molar-refractivity contribution in [1.82, 2.24) is 9.80 Å². The molecule has 3 rings (SSSR count). The van der Waals surface area contributed by atoms with Gasteiger partial charge in [-0.05, 0) is 44.2 Å². The predicted molar refractivity (Wildman–Crippen MR) is 92.2 cm³/mol. The fourth-order valence-electron chi connectivity index (χ4n) is 3.61. The van der Waals surface area contributed by atoms with Gasteiger partial charge in [0.05, 0.1) is 4.92 Å². The number of carbonyl (C=O) groups is 2. The summed E-state index contributed by atoms with van der Waals surface area (Å²) in [4.78, 5) is 39.0. The van der Waals surface area contributed by atoms with Crippen molar-refractivity contribution in [2.45, 2.75) is 32.1 Å². The normalized spacial score (nSPS) is 18.9. The molecule has 1 aromatic carbocycles. The molecule has 2 heterocycles. The van der Waals surface area contributed by atoms with Gasteiger partial charge < -0.3 is 9.80 Å². The molecule has 2 saturated heterocycles. The summed E-state index contributed by atoms with van der Waals surface area (Å²) in [5, 5.41) is 10.7.